The molecule has 0 bridgehead atoms. The first kappa shape index (κ1) is 16.2. The van der Waals surface area contributed by atoms with Crippen molar-refractivity contribution >= 4 is 28.6 Å². The highest BCUT2D eigenvalue weighted by atomic mass is 127. The zero-order valence-electron chi connectivity index (χ0n) is 10.4. The first-order chi connectivity index (χ1) is 7.72. The van der Waals surface area contributed by atoms with Crippen LogP contribution in [0.2, 0.25) is 0 Å². The van der Waals surface area contributed by atoms with Crippen molar-refractivity contribution in [2.45, 2.75) is 64.7 Å². The molecule has 1 unspecified atom stereocenters. The number of hydrogen-bond donors (Lipinski definition) is 1. The van der Waals surface area contributed by atoms with Gasteiger partial charge in [0, 0.05) is 0 Å². The van der Waals surface area contributed by atoms with Crippen LogP contribution in [0.25, 0.3) is 0 Å². The first-order valence-electron chi connectivity index (χ1n) is 6.51. The van der Waals surface area contributed by atoms with Gasteiger partial charge in [-0.15, -0.1) is 0 Å². The molecule has 1 atom stereocenters. The van der Waals surface area contributed by atoms with E-state index in [9.17, 15) is 4.79 Å². The highest BCUT2D eigenvalue weighted by Gasteiger charge is 2.13. The molecule has 0 aromatic carbocycles. The van der Waals surface area contributed by atoms with Crippen molar-refractivity contribution in [2.24, 2.45) is 5.92 Å². The summed E-state index contributed by atoms with van der Waals surface area (Å²) >= 11 is 2.42. The summed E-state index contributed by atoms with van der Waals surface area (Å²) in [6.45, 7) is 1.96. The Morgan fingerprint density at radius 3 is 2.00 bits per heavy atom. The number of rotatable bonds is 11. The minimum atomic E-state index is -0.621. The van der Waals surface area contributed by atoms with Crippen LogP contribution >= 0.6 is 22.6 Å². The van der Waals surface area contributed by atoms with E-state index in [0.29, 0.717) is 0 Å². The standard InChI is InChI=1S/C13H25IO2/c1-2-12(13(15)16)10-8-6-4-3-5-7-9-11-14/h12H,2-11H2,1H3,(H,15,16). The molecular weight excluding hydrogens is 315 g/mol. The molecule has 96 valence electrons. The maximum Gasteiger partial charge on any atom is 0.306 e. The number of carbonyl (C=O) groups is 1. The van der Waals surface area contributed by atoms with E-state index >= 15 is 0 Å². The lowest BCUT2D eigenvalue weighted by Gasteiger charge is -2.08. The van der Waals surface area contributed by atoms with E-state index < -0.39 is 5.97 Å². The summed E-state index contributed by atoms with van der Waals surface area (Å²) in [6, 6.07) is 0. The molecule has 16 heavy (non-hydrogen) atoms. The molecule has 0 rings (SSSR count). The molecular formula is C13H25IO2. The second-order valence-corrected chi connectivity index (χ2v) is 5.47. The summed E-state index contributed by atoms with van der Waals surface area (Å²) in [4.78, 5) is 10.8. The van der Waals surface area contributed by atoms with Crippen molar-refractivity contribution in [2.75, 3.05) is 4.43 Å². The van der Waals surface area contributed by atoms with Crippen molar-refractivity contribution in [3.05, 3.63) is 0 Å². The van der Waals surface area contributed by atoms with Crippen molar-refractivity contribution in [3.8, 4) is 0 Å². The average Bonchev–Trinajstić information content (AvgIpc) is 2.26. The van der Waals surface area contributed by atoms with E-state index in [4.69, 9.17) is 5.11 Å². The van der Waals surface area contributed by atoms with Gasteiger partial charge in [-0.2, -0.15) is 0 Å². The second kappa shape index (κ2) is 11.7. The summed E-state index contributed by atoms with van der Waals surface area (Å²) in [5.74, 6) is -0.733. The lowest BCUT2D eigenvalue weighted by Crippen LogP contribution is -2.12. The van der Waals surface area contributed by atoms with Gasteiger partial charge in [-0.1, -0.05) is 68.0 Å². The van der Waals surface area contributed by atoms with E-state index in [0.717, 1.165) is 19.3 Å². The Labute approximate surface area is 113 Å². The van der Waals surface area contributed by atoms with Crippen molar-refractivity contribution in [1.29, 1.82) is 0 Å². The van der Waals surface area contributed by atoms with Gasteiger partial charge in [0.25, 0.3) is 0 Å². The first-order valence-corrected chi connectivity index (χ1v) is 8.03. The van der Waals surface area contributed by atoms with Gasteiger partial charge in [-0.3, -0.25) is 4.79 Å². The summed E-state index contributed by atoms with van der Waals surface area (Å²) < 4.78 is 1.27. The van der Waals surface area contributed by atoms with Gasteiger partial charge in [0.05, 0.1) is 5.92 Å². The van der Waals surface area contributed by atoms with Crippen molar-refractivity contribution in [1.82, 2.24) is 0 Å². The summed E-state index contributed by atoms with van der Waals surface area (Å²) in [6.07, 6.45) is 10.6. The molecule has 3 heteroatoms. The SMILES string of the molecule is CCC(CCCCCCCCCI)C(=O)O. The number of carboxylic acid groups (broad SMARTS) is 1. The summed E-state index contributed by atoms with van der Waals surface area (Å²) in [7, 11) is 0. The van der Waals surface area contributed by atoms with Crippen LogP contribution in [0.5, 0.6) is 0 Å². The van der Waals surface area contributed by atoms with Crippen LogP contribution < -0.4 is 0 Å². The highest BCUT2D eigenvalue weighted by Crippen LogP contribution is 2.15. The Morgan fingerprint density at radius 1 is 1.06 bits per heavy atom. The van der Waals surface area contributed by atoms with Gasteiger partial charge in [-0.25, -0.2) is 0 Å². The molecule has 0 heterocycles. The van der Waals surface area contributed by atoms with Gasteiger partial charge < -0.3 is 5.11 Å². The maximum absolute atomic E-state index is 10.8. The third-order valence-electron chi connectivity index (χ3n) is 3.03. The van der Waals surface area contributed by atoms with Gasteiger partial charge in [0.2, 0.25) is 0 Å². The van der Waals surface area contributed by atoms with E-state index in [1.54, 1.807) is 0 Å². The maximum atomic E-state index is 10.8. The van der Waals surface area contributed by atoms with Crippen molar-refractivity contribution < 1.29 is 9.90 Å². The predicted octanol–water partition coefficient (Wildman–Crippen LogP) is 4.65. The van der Waals surface area contributed by atoms with Gasteiger partial charge in [0.1, 0.15) is 0 Å². The largest absolute Gasteiger partial charge is 0.481 e. The van der Waals surface area contributed by atoms with Crippen LogP contribution in [-0.2, 0) is 4.79 Å². The molecule has 0 radical (unpaired) electrons. The molecule has 0 saturated heterocycles. The zero-order valence-corrected chi connectivity index (χ0v) is 12.5. The molecule has 0 aromatic heterocycles. The molecule has 0 aliphatic rings. The molecule has 0 aliphatic heterocycles. The fraction of sp³-hybridized carbons (Fsp3) is 0.923. The smallest absolute Gasteiger partial charge is 0.306 e. The Balaban J connectivity index is 3.22. The number of hydrogen-bond acceptors (Lipinski definition) is 1. The van der Waals surface area contributed by atoms with E-state index in [-0.39, 0.29) is 5.92 Å². The number of halogens is 1. The summed E-state index contributed by atoms with van der Waals surface area (Å²) in [5, 5.41) is 8.87. The van der Waals surface area contributed by atoms with Crippen molar-refractivity contribution in [3.63, 3.8) is 0 Å². The van der Waals surface area contributed by atoms with Crippen LogP contribution in [-0.4, -0.2) is 15.5 Å². The van der Waals surface area contributed by atoms with Crippen LogP contribution in [0, 0.1) is 5.92 Å². The van der Waals surface area contributed by atoms with Gasteiger partial charge in [0.15, 0.2) is 0 Å². The van der Waals surface area contributed by atoms with Crippen LogP contribution in [0.15, 0.2) is 0 Å². The Bertz CT molecular complexity index is 171. The third-order valence-corrected chi connectivity index (χ3v) is 3.79. The van der Waals surface area contributed by atoms with Crippen LogP contribution in [0.4, 0.5) is 0 Å². The Morgan fingerprint density at radius 2 is 1.56 bits per heavy atom. The number of alkyl halides is 1. The summed E-state index contributed by atoms with van der Waals surface area (Å²) in [5.41, 5.74) is 0. The molecule has 1 N–H and O–H groups in total. The number of unbranched alkanes of at least 4 members (excludes halogenated alkanes) is 6. The highest BCUT2D eigenvalue weighted by molar-refractivity contribution is 14.1. The molecule has 2 nitrogen and oxygen atoms in total. The quantitative estimate of drug-likeness (QED) is 0.338. The fourth-order valence-electron chi connectivity index (χ4n) is 1.87. The molecule has 0 amide bonds. The normalized spacial score (nSPS) is 12.6. The van der Waals surface area contributed by atoms with Gasteiger partial charge >= 0.3 is 5.97 Å². The third kappa shape index (κ3) is 9.43. The fourth-order valence-corrected chi connectivity index (χ4v) is 2.41. The minimum Gasteiger partial charge on any atom is -0.481 e. The van der Waals surface area contributed by atoms with E-state index in [2.05, 4.69) is 22.6 Å². The Kier molecular flexibility index (Phi) is 11.8. The number of aliphatic carboxylic acids is 1. The molecule has 0 spiro atoms. The van der Waals surface area contributed by atoms with E-state index in [1.807, 2.05) is 6.92 Å². The molecule has 0 aliphatic carbocycles. The molecule has 0 saturated carbocycles. The molecule has 0 aromatic rings. The topological polar surface area (TPSA) is 37.3 Å². The van der Waals surface area contributed by atoms with Crippen LogP contribution in [0.3, 0.4) is 0 Å². The number of carboxylic acids is 1. The lowest BCUT2D eigenvalue weighted by atomic mass is 9.98. The second-order valence-electron chi connectivity index (χ2n) is 4.40. The molecule has 0 fully saturated rings. The average molecular weight is 340 g/mol. The lowest BCUT2D eigenvalue weighted by molar-refractivity contribution is -0.142. The van der Waals surface area contributed by atoms with Crippen LogP contribution in [0.1, 0.15) is 64.7 Å². The van der Waals surface area contributed by atoms with Gasteiger partial charge in [-0.05, 0) is 23.7 Å². The Hall–Kier alpha value is 0.200. The predicted molar refractivity (Wildman–Crippen MR) is 77.2 cm³/mol. The monoisotopic (exact) mass is 340 g/mol. The van der Waals surface area contributed by atoms with E-state index in [1.165, 1.54) is 43.0 Å². The zero-order chi connectivity index (χ0) is 12.2. The minimum absolute atomic E-state index is 0.112.